The van der Waals surface area contributed by atoms with Gasteiger partial charge in [0.15, 0.2) is 11.6 Å². The van der Waals surface area contributed by atoms with Gasteiger partial charge in [-0.25, -0.2) is 13.2 Å². The number of benzene rings is 2. The van der Waals surface area contributed by atoms with Crippen LogP contribution in [0.3, 0.4) is 0 Å². The minimum Gasteiger partial charge on any atom is -0.206 e. The van der Waals surface area contributed by atoms with E-state index in [1.54, 1.807) is 17.4 Å². The number of aryl methyl sites for hydroxylation is 1. The minimum absolute atomic E-state index is 0.104. The van der Waals surface area contributed by atoms with E-state index in [-0.39, 0.29) is 11.1 Å². The van der Waals surface area contributed by atoms with Crippen LogP contribution >= 0.6 is 23.6 Å². The standard InChI is InChI=1S/C21H16F3NS2/c1-2-3-4-15-6-8-20(27-15)13-5-7-16(17(22)9-13)14-10-18(23)21(25-12-26)19(24)11-14/h5-11H,2-4H2,1H3. The highest BCUT2D eigenvalue weighted by Gasteiger charge is 2.15. The summed E-state index contributed by atoms with van der Waals surface area (Å²) < 4.78 is 42.7. The normalized spacial score (nSPS) is 10.7. The Hall–Kier alpha value is -2.27. The Balaban J connectivity index is 1.93. The largest absolute Gasteiger partial charge is 0.206 e. The smallest absolute Gasteiger partial charge is 0.153 e. The fourth-order valence-corrected chi connectivity index (χ4v) is 3.93. The van der Waals surface area contributed by atoms with Gasteiger partial charge in [-0.2, -0.15) is 4.99 Å². The lowest BCUT2D eigenvalue weighted by molar-refractivity contribution is 0.588. The lowest BCUT2D eigenvalue weighted by Crippen LogP contribution is -1.90. The fourth-order valence-electron chi connectivity index (χ4n) is 2.79. The summed E-state index contributed by atoms with van der Waals surface area (Å²) in [6.45, 7) is 2.14. The minimum atomic E-state index is -0.912. The summed E-state index contributed by atoms with van der Waals surface area (Å²) in [5.41, 5.74) is 0.445. The number of rotatable bonds is 6. The van der Waals surface area contributed by atoms with Gasteiger partial charge in [-0.3, -0.25) is 0 Å². The Bertz CT molecular complexity index is 997. The number of hydrogen-bond donors (Lipinski definition) is 0. The summed E-state index contributed by atoms with van der Waals surface area (Å²) in [6.07, 6.45) is 3.25. The monoisotopic (exact) mass is 403 g/mol. The number of unbranched alkanes of at least 4 members (excludes halogenated alkanes) is 1. The lowest BCUT2D eigenvalue weighted by atomic mass is 10.0. The number of thiocarbonyl (C=S) groups is 1. The average molecular weight is 403 g/mol. The molecule has 3 rings (SSSR count). The van der Waals surface area contributed by atoms with Crippen molar-refractivity contribution in [2.75, 3.05) is 0 Å². The molecule has 27 heavy (non-hydrogen) atoms. The highest BCUT2D eigenvalue weighted by molar-refractivity contribution is 7.78. The number of hydrogen-bond acceptors (Lipinski definition) is 3. The van der Waals surface area contributed by atoms with Crippen LogP contribution in [0, 0.1) is 17.5 Å². The zero-order chi connectivity index (χ0) is 19.4. The van der Waals surface area contributed by atoms with Crippen LogP contribution in [0.4, 0.5) is 18.9 Å². The Labute approximate surface area is 165 Å². The molecule has 0 aliphatic carbocycles. The number of thiophene rings is 1. The molecular weight excluding hydrogens is 387 g/mol. The molecule has 1 heterocycles. The van der Waals surface area contributed by atoms with Crippen molar-refractivity contribution >= 4 is 34.4 Å². The number of halogens is 3. The van der Waals surface area contributed by atoms with Crippen molar-refractivity contribution in [3.05, 3.63) is 64.8 Å². The Morgan fingerprint density at radius 2 is 1.67 bits per heavy atom. The van der Waals surface area contributed by atoms with E-state index in [1.165, 1.54) is 17.0 Å². The zero-order valence-electron chi connectivity index (χ0n) is 14.6. The molecule has 138 valence electrons. The third kappa shape index (κ3) is 4.35. The third-order valence-corrected chi connectivity index (χ3v) is 5.46. The van der Waals surface area contributed by atoms with E-state index in [1.807, 2.05) is 11.2 Å². The van der Waals surface area contributed by atoms with E-state index in [4.69, 9.17) is 0 Å². The van der Waals surface area contributed by atoms with Gasteiger partial charge in [0, 0.05) is 15.3 Å². The molecule has 3 aromatic rings. The van der Waals surface area contributed by atoms with Crippen LogP contribution in [-0.2, 0) is 6.42 Å². The van der Waals surface area contributed by atoms with Crippen LogP contribution in [0.5, 0.6) is 0 Å². The van der Waals surface area contributed by atoms with Crippen LogP contribution in [-0.4, -0.2) is 5.16 Å². The molecule has 0 bridgehead atoms. The molecule has 6 heteroatoms. The maximum Gasteiger partial charge on any atom is 0.153 e. The molecule has 0 amide bonds. The van der Waals surface area contributed by atoms with Gasteiger partial charge in [0.05, 0.1) is 5.16 Å². The molecule has 0 atom stereocenters. The Kier molecular flexibility index (Phi) is 6.22. The number of isothiocyanates is 1. The Morgan fingerprint density at radius 1 is 0.963 bits per heavy atom. The molecule has 0 saturated carbocycles. The molecule has 0 aliphatic heterocycles. The Morgan fingerprint density at radius 3 is 2.30 bits per heavy atom. The third-order valence-electron chi connectivity index (χ3n) is 4.18. The zero-order valence-corrected chi connectivity index (χ0v) is 16.2. The first kappa shape index (κ1) is 19.5. The van der Waals surface area contributed by atoms with E-state index in [0.29, 0.717) is 0 Å². The van der Waals surface area contributed by atoms with Gasteiger partial charge < -0.3 is 0 Å². The molecule has 0 unspecified atom stereocenters. The molecule has 0 saturated heterocycles. The molecule has 0 fully saturated rings. The van der Waals surface area contributed by atoms with Gasteiger partial charge in [0.2, 0.25) is 0 Å². The van der Waals surface area contributed by atoms with Gasteiger partial charge >= 0.3 is 0 Å². The summed E-state index contributed by atoms with van der Waals surface area (Å²) >= 11 is 6.01. The first-order chi connectivity index (χ1) is 13.0. The van der Waals surface area contributed by atoms with Crippen molar-refractivity contribution < 1.29 is 13.2 Å². The van der Waals surface area contributed by atoms with Gasteiger partial charge in [-0.05, 0) is 66.5 Å². The first-order valence-electron chi connectivity index (χ1n) is 8.49. The predicted octanol–water partition coefficient (Wildman–Crippen LogP) is 7.58. The molecule has 2 aromatic carbocycles. The van der Waals surface area contributed by atoms with Crippen molar-refractivity contribution in [2.45, 2.75) is 26.2 Å². The van der Waals surface area contributed by atoms with Crippen molar-refractivity contribution in [2.24, 2.45) is 4.99 Å². The van der Waals surface area contributed by atoms with Crippen LogP contribution in [0.1, 0.15) is 24.6 Å². The van der Waals surface area contributed by atoms with Gasteiger partial charge in [0.25, 0.3) is 0 Å². The number of aliphatic imine (C=N–C) groups is 1. The average Bonchev–Trinajstić information content (AvgIpc) is 3.11. The van der Waals surface area contributed by atoms with Crippen LogP contribution in [0.15, 0.2) is 47.5 Å². The summed E-state index contributed by atoms with van der Waals surface area (Å²) in [5.74, 6) is -2.37. The second-order valence-corrected chi connectivity index (χ2v) is 7.41. The molecular formula is C21H16F3NS2. The molecule has 1 nitrogen and oxygen atoms in total. The highest BCUT2D eigenvalue weighted by Crippen LogP contribution is 2.34. The maximum absolute atomic E-state index is 14.7. The molecule has 0 aliphatic rings. The van der Waals surface area contributed by atoms with Crippen molar-refractivity contribution in [3.8, 4) is 21.6 Å². The highest BCUT2D eigenvalue weighted by atomic mass is 32.1. The lowest BCUT2D eigenvalue weighted by Gasteiger charge is -2.08. The second kappa shape index (κ2) is 8.61. The van der Waals surface area contributed by atoms with E-state index >= 15 is 0 Å². The van der Waals surface area contributed by atoms with E-state index < -0.39 is 23.1 Å². The quantitative estimate of drug-likeness (QED) is 0.305. The van der Waals surface area contributed by atoms with Crippen molar-refractivity contribution in [3.63, 3.8) is 0 Å². The van der Waals surface area contributed by atoms with Gasteiger partial charge in [0.1, 0.15) is 11.5 Å². The number of nitrogens with zero attached hydrogens (tertiary/aromatic N) is 1. The van der Waals surface area contributed by atoms with E-state index in [2.05, 4.69) is 30.2 Å². The first-order valence-corrected chi connectivity index (χ1v) is 9.72. The topological polar surface area (TPSA) is 12.4 Å². The van der Waals surface area contributed by atoms with Gasteiger partial charge in [-0.1, -0.05) is 25.5 Å². The SMILES string of the molecule is CCCCc1ccc(-c2ccc(-c3cc(F)c(N=C=S)c(F)c3)c(F)c2)s1. The summed E-state index contributed by atoms with van der Waals surface area (Å²) in [7, 11) is 0. The molecule has 0 N–H and O–H groups in total. The van der Waals surface area contributed by atoms with E-state index in [9.17, 15) is 13.2 Å². The fraction of sp³-hybridized carbons (Fsp3) is 0.190. The second-order valence-electron chi connectivity index (χ2n) is 6.06. The van der Waals surface area contributed by atoms with Crippen molar-refractivity contribution in [1.82, 2.24) is 0 Å². The molecule has 0 spiro atoms. The van der Waals surface area contributed by atoms with Crippen LogP contribution < -0.4 is 0 Å². The predicted molar refractivity (Wildman–Crippen MR) is 108 cm³/mol. The van der Waals surface area contributed by atoms with Crippen LogP contribution in [0.25, 0.3) is 21.6 Å². The maximum atomic E-state index is 14.7. The summed E-state index contributed by atoms with van der Waals surface area (Å²) in [4.78, 5) is 5.59. The molecule has 0 radical (unpaired) electrons. The molecule has 1 aromatic heterocycles. The van der Waals surface area contributed by atoms with Crippen molar-refractivity contribution in [1.29, 1.82) is 0 Å². The van der Waals surface area contributed by atoms with E-state index in [0.717, 1.165) is 41.8 Å². The summed E-state index contributed by atoms with van der Waals surface area (Å²) in [6, 6.07) is 10.8. The van der Waals surface area contributed by atoms with Gasteiger partial charge in [-0.15, -0.1) is 11.3 Å². The summed E-state index contributed by atoms with van der Waals surface area (Å²) in [5, 5.41) is 1.93. The van der Waals surface area contributed by atoms with Crippen LogP contribution in [0.2, 0.25) is 0 Å².